The minimum atomic E-state index is -0.691. The largest absolute Gasteiger partial charge is 0.500 e. The van der Waals surface area contributed by atoms with E-state index in [2.05, 4.69) is 21.6 Å². The molecule has 2 N–H and O–H groups in total. The summed E-state index contributed by atoms with van der Waals surface area (Å²) in [4.78, 5) is 14.6. The number of ether oxygens (including phenoxy) is 2. The van der Waals surface area contributed by atoms with Gasteiger partial charge >= 0.3 is 5.69 Å². The standard InChI is InChI=1S/C18H19N5O5/c1-11-6-13(10-27-2)14(9-19)18(21-11)22-20-5-4-12-7-15(23(25)26)17(24)16(8-12)28-3/h5-8,24H,4,10H2,1-3H3,(H,21,22)/b20-5-. The second kappa shape index (κ2) is 9.29. The number of nitriles is 1. The molecular weight excluding hydrogens is 366 g/mol. The Balaban J connectivity index is 2.20. The van der Waals surface area contributed by atoms with Gasteiger partial charge in [0.1, 0.15) is 11.6 Å². The molecule has 0 saturated heterocycles. The molecule has 0 spiro atoms. The molecule has 2 aromatic rings. The highest BCUT2D eigenvalue weighted by Crippen LogP contribution is 2.36. The lowest BCUT2D eigenvalue weighted by Crippen LogP contribution is -2.04. The van der Waals surface area contributed by atoms with Crippen molar-refractivity contribution < 1.29 is 19.5 Å². The maximum atomic E-state index is 11.0. The van der Waals surface area contributed by atoms with Crippen LogP contribution in [0.1, 0.15) is 22.4 Å². The van der Waals surface area contributed by atoms with E-state index in [-0.39, 0.29) is 18.8 Å². The summed E-state index contributed by atoms with van der Waals surface area (Å²) in [5.41, 5.74) is 4.49. The SMILES string of the molecule is COCc1cc(C)nc(N/N=C\Cc2cc(OC)c(O)c([N+](=O)[O-])c2)c1C#N. The van der Waals surface area contributed by atoms with E-state index < -0.39 is 16.4 Å². The Kier molecular flexibility index (Phi) is 6.84. The lowest BCUT2D eigenvalue weighted by Gasteiger charge is -2.09. The zero-order valence-corrected chi connectivity index (χ0v) is 15.6. The molecular formula is C18H19N5O5. The number of hydrogen-bond acceptors (Lipinski definition) is 9. The number of nitrogens with one attached hydrogen (secondary N) is 1. The van der Waals surface area contributed by atoms with Crippen LogP contribution in [-0.2, 0) is 17.8 Å². The van der Waals surface area contributed by atoms with E-state index in [9.17, 15) is 20.5 Å². The van der Waals surface area contributed by atoms with E-state index in [1.807, 2.05) is 0 Å². The Morgan fingerprint density at radius 1 is 1.43 bits per heavy atom. The van der Waals surface area contributed by atoms with Gasteiger partial charge in [0, 0.05) is 37.1 Å². The maximum absolute atomic E-state index is 11.0. The smallest absolute Gasteiger partial charge is 0.314 e. The van der Waals surface area contributed by atoms with Crippen LogP contribution in [-0.4, -0.2) is 35.4 Å². The van der Waals surface area contributed by atoms with Crippen molar-refractivity contribution in [3.05, 3.63) is 50.7 Å². The highest BCUT2D eigenvalue weighted by atomic mass is 16.6. The third-order valence-electron chi connectivity index (χ3n) is 3.76. The zero-order chi connectivity index (χ0) is 20.7. The number of methoxy groups -OCH3 is 2. The minimum Gasteiger partial charge on any atom is -0.500 e. The average molecular weight is 385 g/mol. The molecule has 146 valence electrons. The Morgan fingerprint density at radius 3 is 2.79 bits per heavy atom. The number of rotatable bonds is 8. The van der Waals surface area contributed by atoms with Crippen LogP contribution in [0.4, 0.5) is 11.5 Å². The molecule has 1 aromatic heterocycles. The van der Waals surface area contributed by atoms with Crippen LogP contribution in [0.5, 0.6) is 11.5 Å². The van der Waals surface area contributed by atoms with E-state index in [4.69, 9.17) is 9.47 Å². The number of aromatic nitrogens is 1. The number of nitro benzene ring substituents is 1. The fraction of sp³-hybridized carbons (Fsp3) is 0.278. The molecule has 2 rings (SSSR count). The lowest BCUT2D eigenvalue weighted by atomic mass is 10.1. The zero-order valence-electron chi connectivity index (χ0n) is 15.6. The number of hydrazone groups is 1. The first-order chi connectivity index (χ1) is 13.4. The first kappa shape index (κ1) is 20.6. The van der Waals surface area contributed by atoms with E-state index >= 15 is 0 Å². The van der Waals surface area contributed by atoms with E-state index in [0.717, 1.165) is 0 Å². The summed E-state index contributed by atoms with van der Waals surface area (Å²) in [6.45, 7) is 2.05. The molecule has 0 atom stereocenters. The van der Waals surface area contributed by atoms with E-state index in [0.29, 0.717) is 28.2 Å². The van der Waals surface area contributed by atoms with Gasteiger partial charge in [-0.2, -0.15) is 10.4 Å². The lowest BCUT2D eigenvalue weighted by molar-refractivity contribution is -0.386. The van der Waals surface area contributed by atoms with E-state index in [1.54, 1.807) is 13.0 Å². The number of anilines is 1. The number of nitro groups is 1. The third-order valence-corrected chi connectivity index (χ3v) is 3.76. The first-order valence-electron chi connectivity index (χ1n) is 8.12. The van der Waals surface area contributed by atoms with Gasteiger partial charge in [0.25, 0.3) is 0 Å². The van der Waals surface area contributed by atoms with Crippen molar-refractivity contribution in [3.63, 3.8) is 0 Å². The molecule has 0 aliphatic heterocycles. The van der Waals surface area contributed by atoms with Gasteiger partial charge < -0.3 is 14.6 Å². The van der Waals surface area contributed by atoms with Gasteiger partial charge in [-0.1, -0.05) is 0 Å². The number of aromatic hydroxyl groups is 1. The maximum Gasteiger partial charge on any atom is 0.314 e. The molecule has 0 saturated carbocycles. The highest BCUT2D eigenvalue weighted by molar-refractivity contribution is 5.67. The molecule has 10 heteroatoms. The molecule has 0 bridgehead atoms. The fourth-order valence-corrected chi connectivity index (χ4v) is 2.53. The van der Waals surface area contributed by atoms with Crippen molar-refractivity contribution >= 4 is 17.7 Å². The molecule has 1 aromatic carbocycles. The van der Waals surface area contributed by atoms with Crippen molar-refractivity contribution in [3.8, 4) is 17.6 Å². The summed E-state index contributed by atoms with van der Waals surface area (Å²) in [6.07, 6.45) is 1.69. The minimum absolute atomic E-state index is 0.00174. The van der Waals surface area contributed by atoms with Crippen LogP contribution in [0.3, 0.4) is 0 Å². The number of aryl methyl sites for hydroxylation is 1. The summed E-state index contributed by atoms with van der Waals surface area (Å²) in [6, 6.07) is 6.57. The van der Waals surface area contributed by atoms with Crippen LogP contribution >= 0.6 is 0 Å². The van der Waals surface area contributed by atoms with Crippen LogP contribution in [0, 0.1) is 28.4 Å². The monoisotopic (exact) mass is 385 g/mol. The van der Waals surface area contributed by atoms with Crippen molar-refractivity contribution in [2.75, 3.05) is 19.6 Å². The van der Waals surface area contributed by atoms with E-state index in [1.165, 1.54) is 32.6 Å². The molecule has 0 radical (unpaired) electrons. The van der Waals surface area contributed by atoms with Gasteiger partial charge in [0.2, 0.25) is 5.75 Å². The third kappa shape index (κ3) is 4.72. The second-order valence-corrected chi connectivity index (χ2v) is 5.74. The van der Waals surface area contributed by atoms with Gasteiger partial charge in [-0.15, -0.1) is 0 Å². The molecule has 10 nitrogen and oxygen atoms in total. The molecule has 0 unspecified atom stereocenters. The van der Waals surface area contributed by atoms with Crippen LogP contribution in [0.2, 0.25) is 0 Å². The normalized spacial score (nSPS) is 10.6. The molecule has 0 fully saturated rings. The summed E-state index contributed by atoms with van der Waals surface area (Å²) in [5, 5.41) is 34.3. The van der Waals surface area contributed by atoms with Crippen molar-refractivity contribution in [1.82, 2.24) is 4.98 Å². The summed E-state index contributed by atoms with van der Waals surface area (Å²) in [5.74, 6) is -0.235. The van der Waals surface area contributed by atoms with Gasteiger partial charge in [0.05, 0.1) is 18.6 Å². The Hall–Kier alpha value is -3.71. The van der Waals surface area contributed by atoms with Crippen LogP contribution < -0.4 is 10.2 Å². The Labute approximate surface area is 161 Å². The molecule has 0 aliphatic rings. The topological polar surface area (TPSA) is 143 Å². The predicted molar refractivity (Wildman–Crippen MR) is 102 cm³/mol. The van der Waals surface area contributed by atoms with Crippen LogP contribution in [0.25, 0.3) is 0 Å². The fourth-order valence-electron chi connectivity index (χ4n) is 2.53. The second-order valence-electron chi connectivity index (χ2n) is 5.74. The van der Waals surface area contributed by atoms with Gasteiger partial charge in [-0.25, -0.2) is 4.98 Å². The first-order valence-corrected chi connectivity index (χ1v) is 8.12. The molecule has 0 aliphatic carbocycles. The molecule has 28 heavy (non-hydrogen) atoms. The summed E-state index contributed by atoms with van der Waals surface area (Å²) < 4.78 is 10.1. The highest BCUT2D eigenvalue weighted by Gasteiger charge is 2.19. The van der Waals surface area contributed by atoms with Crippen molar-refractivity contribution in [2.24, 2.45) is 5.10 Å². The number of phenolic OH excluding ortho intramolecular Hbond substituents is 1. The van der Waals surface area contributed by atoms with Crippen molar-refractivity contribution in [2.45, 2.75) is 20.0 Å². The molecule has 1 heterocycles. The number of hydrogen-bond donors (Lipinski definition) is 2. The van der Waals surface area contributed by atoms with Gasteiger partial charge in [-0.3, -0.25) is 15.5 Å². The van der Waals surface area contributed by atoms with Gasteiger partial charge in [0.15, 0.2) is 11.6 Å². The predicted octanol–water partition coefficient (Wildman–Crippen LogP) is 2.67. The van der Waals surface area contributed by atoms with Crippen LogP contribution in [0.15, 0.2) is 23.3 Å². The van der Waals surface area contributed by atoms with Crippen molar-refractivity contribution in [1.29, 1.82) is 5.26 Å². The number of pyridine rings is 1. The Morgan fingerprint density at radius 2 is 2.18 bits per heavy atom. The number of nitrogens with zero attached hydrogens (tertiary/aromatic N) is 4. The Bertz CT molecular complexity index is 952. The summed E-state index contributed by atoms with van der Waals surface area (Å²) in [7, 11) is 2.84. The molecule has 0 amide bonds. The number of benzene rings is 1. The average Bonchev–Trinajstić information content (AvgIpc) is 2.66. The quantitative estimate of drug-likeness (QED) is 0.401. The summed E-state index contributed by atoms with van der Waals surface area (Å²) >= 11 is 0. The van der Waals surface area contributed by atoms with Gasteiger partial charge in [-0.05, 0) is 24.6 Å². The number of phenols is 1.